The normalized spacial score (nSPS) is 12.6. The van der Waals surface area contributed by atoms with E-state index >= 15 is 0 Å². The number of benzene rings is 1. The van der Waals surface area contributed by atoms with E-state index in [4.69, 9.17) is 11.6 Å². The summed E-state index contributed by atoms with van der Waals surface area (Å²) in [5.74, 6) is 0. The Morgan fingerprint density at radius 3 is 2.32 bits per heavy atom. The first kappa shape index (κ1) is 19.5. The highest BCUT2D eigenvalue weighted by Gasteiger charge is 2.35. The molecule has 0 spiro atoms. The average molecular weight is 389 g/mol. The molecule has 8 heteroatoms. The molecule has 1 atom stereocenters. The predicted molar refractivity (Wildman–Crippen MR) is 94.1 cm³/mol. The zero-order valence-electron chi connectivity index (χ0n) is 13.8. The highest BCUT2D eigenvalue weighted by molar-refractivity contribution is 7.83. The summed E-state index contributed by atoms with van der Waals surface area (Å²) in [5, 5.41) is -0.269. The van der Waals surface area contributed by atoms with Gasteiger partial charge in [-0.15, -0.1) is 0 Å². The topological polar surface area (TPSA) is 34.9 Å². The highest BCUT2D eigenvalue weighted by Crippen LogP contribution is 2.39. The minimum atomic E-state index is -4.59. The van der Waals surface area contributed by atoms with Crippen LogP contribution < -0.4 is 0 Å². The summed E-state index contributed by atoms with van der Waals surface area (Å²) < 4.78 is 52.8. The molecule has 0 aliphatic heterocycles. The third-order valence-corrected chi connectivity index (χ3v) is 5.04. The molecule has 0 amide bonds. The van der Waals surface area contributed by atoms with Crippen LogP contribution in [0.5, 0.6) is 0 Å². The number of rotatable bonds is 2. The Kier molecular flexibility index (Phi) is 5.90. The number of halogens is 4. The molecule has 0 aliphatic carbocycles. The predicted octanol–water partition coefficient (Wildman–Crippen LogP) is 5.61. The average Bonchev–Trinajstić information content (AvgIpc) is 2.93. The molecule has 2 aromatic heterocycles. The molecule has 2 heterocycles. The van der Waals surface area contributed by atoms with E-state index in [1.807, 2.05) is 13.8 Å². The molecular weight excluding hydrogens is 373 g/mol. The maximum Gasteiger partial charge on any atom is 0.419 e. The van der Waals surface area contributed by atoms with Crippen molar-refractivity contribution in [1.82, 2.24) is 8.96 Å². The Morgan fingerprint density at radius 1 is 1.16 bits per heavy atom. The van der Waals surface area contributed by atoms with Gasteiger partial charge in [0.05, 0.1) is 15.5 Å². The van der Waals surface area contributed by atoms with Crippen LogP contribution in [-0.2, 0) is 17.2 Å². The maximum atomic E-state index is 12.9. The first-order chi connectivity index (χ1) is 11.8. The summed E-state index contributed by atoms with van der Waals surface area (Å²) in [5.41, 5.74) is -0.367. The summed E-state index contributed by atoms with van der Waals surface area (Å²) in [4.78, 5) is 4.36. The standard InChI is InChI=1S/C15H10ClF3N2OS.C2H6/c1-9-8-21(23(22)10-5-3-2-4-6-10)14-12(9)13(16)11(7-20-14)15(17,18)19;1-2/h2-8H,1H3;1-2H3. The van der Waals surface area contributed by atoms with Gasteiger partial charge in [-0.05, 0) is 24.6 Å². The number of aromatic nitrogens is 2. The molecule has 25 heavy (non-hydrogen) atoms. The van der Waals surface area contributed by atoms with E-state index in [1.54, 1.807) is 37.3 Å². The van der Waals surface area contributed by atoms with Gasteiger partial charge in [0, 0.05) is 17.8 Å². The molecule has 0 radical (unpaired) electrons. The van der Waals surface area contributed by atoms with E-state index in [1.165, 1.54) is 10.2 Å². The molecule has 0 N–H and O–H groups in total. The van der Waals surface area contributed by atoms with Crippen LogP contribution in [0.2, 0.25) is 5.02 Å². The van der Waals surface area contributed by atoms with E-state index in [0.717, 1.165) is 0 Å². The Hall–Kier alpha value is -1.86. The van der Waals surface area contributed by atoms with Gasteiger partial charge < -0.3 is 0 Å². The van der Waals surface area contributed by atoms with Gasteiger partial charge in [-0.1, -0.05) is 43.6 Å². The second-order valence-electron chi connectivity index (χ2n) is 4.88. The smallest absolute Gasteiger partial charge is 0.246 e. The van der Waals surface area contributed by atoms with Crippen LogP contribution in [0.1, 0.15) is 25.0 Å². The van der Waals surface area contributed by atoms with E-state index in [9.17, 15) is 17.4 Å². The molecule has 0 saturated heterocycles. The lowest BCUT2D eigenvalue weighted by atomic mass is 10.2. The Balaban J connectivity index is 0.00000109. The van der Waals surface area contributed by atoms with Crippen LogP contribution in [-0.4, -0.2) is 13.2 Å². The highest BCUT2D eigenvalue weighted by atomic mass is 35.5. The van der Waals surface area contributed by atoms with Gasteiger partial charge in [-0.2, -0.15) is 13.2 Å². The fraction of sp³-hybridized carbons (Fsp3) is 0.235. The third-order valence-electron chi connectivity index (χ3n) is 3.34. The van der Waals surface area contributed by atoms with E-state index < -0.39 is 27.7 Å². The van der Waals surface area contributed by atoms with Crippen molar-refractivity contribution in [2.24, 2.45) is 0 Å². The fourth-order valence-electron chi connectivity index (χ4n) is 2.27. The van der Waals surface area contributed by atoms with Crippen LogP contribution in [0.4, 0.5) is 13.2 Å². The molecule has 0 aliphatic rings. The van der Waals surface area contributed by atoms with Gasteiger partial charge in [0.2, 0.25) is 0 Å². The van der Waals surface area contributed by atoms with Gasteiger partial charge in [-0.25, -0.2) is 13.2 Å². The molecular formula is C17H16ClF3N2OS. The number of aryl methyl sites for hydroxylation is 1. The fourth-order valence-corrected chi connectivity index (χ4v) is 3.83. The lowest BCUT2D eigenvalue weighted by molar-refractivity contribution is -0.137. The van der Waals surface area contributed by atoms with Crippen LogP contribution in [0, 0.1) is 6.92 Å². The molecule has 0 saturated carbocycles. The van der Waals surface area contributed by atoms with Crippen LogP contribution in [0.15, 0.2) is 47.6 Å². The summed E-state index contributed by atoms with van der Waals surface area (Å²) in [6, 6.07) is 8.58. The van der Waals surface area contributed by atoms with Crippen molar-refractivity contribution in [3.05, 3.63) is 58.9 Å². The van der Waals surface area contributed by atoms with E-state index in [2.05, 4.69) is 4.98 Å². The second kappa shape index (κ2) is 7.58. The molecule has 3 aromatic rings. The second-order valence-corrected chi connectivity index (χ2v) is 6.62. The van der Waals surface area contributed by atoms with Crippen molar-refractivity contribution in [1.29, 1.82) is 0 Å². The molecule has 3 nitrogen and oxygen atoms in total. The minimum Gasteiger partial charge on any atom is -0.246 e. The van der Waals surface area contributed by atoms with Crippen LogP contribution in [0.25, 0.3) is 11.0 Å². The zero-order valence-corrected chi connectivity index (χ0v) is 15.3. The monoisotopic (exact) mass is 388 g/mol. The molecule has 0 fully saturated rings. The van der Waals surface area contributed by atoms with Crippen molar-refractivity contribution in [3.8, 4) is 0 Å². The number of nitrogens with zero attached hydrogens (tertiary/aromatic N) is 2. The molecule has 1 unspecified atom stereocenters. The third kappa shape index (κ3) is 3.72. The Bertz CT molecular complexity index is 908. The van der Waals surface area contributed by atoms with Gasteiger partial charge in [-0.3, -0.25) is 0 Å². The molecule has 1 aromatic carbocycles. The maximum absolute atomic E-state index is 12.9. The molecule has 134 valence electrons. The first-order valence-corrected chi connectivity index (χ1v) is 9.00. The lowest BCUT2D eigenvalue weighted by Gasteiger charge is -2.10. The van der Waals surface area contributed by atoms with Crippen molar-refractivity contribution in [2.45, 2.75) is 31.8 Å². The Labute approximate surface area is 151 Å². The van der Waals surface area contributed by atoms with Crippen molar-refractivity contribution in [2.75, 3.05) is 0 Å². The zero-order chi connectivity index (χ0) is 18.8. The van der Waals surface area contributed by atoms with E-state index in [-0.39, 0.29) is 11.0 Å². The Morgan fingerprint density at radius 2 is 1.76 bits per heavy atom. The SMILES string of the molecule is CC.Cc1cn(S(=O)c2ccccc2)c2ncc(C(F)(F)F)c(Cl)c12. The summed E-state index contributed by atoms with van der Waals surface area (Å²) >= 11 is 5.92. The van der Waals surface area contributed by atoms with Gasteiger partial charge in [0.15, 0.2) is 16.6 Å². The largest absolute Gasteiger partial charge is 0.419 e. The lowest BCUT2D eigenvalue weighted by Crippen LogP contribution is -2.08. The number of fused-ring (bicyclic) bond motifs is 1. The number of alkyl halides is 3. The van der Waals surface area contributed by atoms with Gasteiger partial charge >= 0.3 is 6.18 Å². The number of hydrogen-bond acceptors (Lipinski definition) is 2. The first-order valence-electron chi connectivity index (χ1n) is 7.51. The van der Waals surface area contributed by atoms with Crippen LogP contribution >= 0.6 is 11.6 Å². The summed E-state index contributed by atoms with van der Waals surface area (Å²) in [6.45, 7) is 5.61. The summed E-state index contributed by atoms with van der Waals surface area (Å²) in [6.07, 6.45) is -2.43. The minimum absolute atomic E-state index is 0.155. The molecule has 0 bridgehead atoms. The summed E-state index contributed by atoms with van der Waals surface area (Å²) in [7, 11) is -1.62. The number of hydrogen-bond donors (Lipinski definition) is 0. The molecule has 3 rings (SSSR count). The van der Waals surface area contributed by atoms with Crippen molar-refractivity contribution >= 4 is 33.6 Å². The number of pyridine rings is 1. The van der Waals surface area contributed by atoms with Gasteiger partial charge in [0.25, 0.3) is 0 Å². The van der Waals surface area contributed by atoms with Gasteiger partial charge in [0.1, 0.15) is 0 Å². The van der Waals surface area contributed by atoms with Crippen molar-refractivity contribution in [3.63, 3.8) is 0 Å². The van der Waals surface area contributed by atoms with Crippen LogP contribution in [0.3, 0.4) is 0 Å². The quantitative estimate of drug-likeness (QED) is 0.571. The van der Waals surface area contributed by atoms with Crippen molar-refractivity contribution < 1.29 is 17.4 Å². The van der Waals surface area contributed by atoms with E-state index in [0.29, 0.717) is 16.7 Å².